The minimum Gasteiger partial charge on any atom is -0.494 e. The van der Waals surface area contributed by atoms with Gasteiger partial charge < -0.3 is 19.4 Å². The Kier molecular flexibility index (Phi) is 8.91. The van der Waals surface area contributed by atoms with Crippen LogP contribution in [-0.4, -0.2) is 48.2 Å². The van der Waals surface area contributed by atoms with Gasteiger partial charge in [-0.05, 0) is 62.2 Å². The molecule has 2 heterocycles. The van der Waals surface area contributed by atoms with Gasteiger partial charge in [0.1, 0.15) is 12.4 Å². The van der Waals surface area contributed by atoms with Gasteiger partial charge in [0.25, 0.3) is 5.91 Å². The molecule has 9 heteroatoms. The van der Waals surface area contributed by atoms with Gasteiger partial charge >= 0.3 is 0 Å². The van der Waals surface area contributed by atoms with Crippen LogP contribution in [0.1, 0.15) is 29.4 Å². The number of carbonyl (C=O) groups excluding carboxylic acids is 2. The fourth-order valence-electron chi connectivity index (χ4n) is 3.15. The molecule has 2 amide bonds. The van der Waals surface area contributed by atoms with Crippen LogP contribution in [0.25, 0.3) is 11.3 Å². The molecule has 8 nitrogen and oxygen atoms in total. The van der Waals surface area contributed by atoms with Gasteiger partial charge in [-0.2, -0.15) is 4.99 Å². The summed E-state index contributed by atoms with van der Waals surface area (Å²) in [6, 6.07) is 11.3. The molecule has 174 valence electrons. The topological polar surface area (TPSA) is 94.8 Å². The Morgan fingerprint density at radius 3 is 2.64 bits per heavy atom. The molecule has 1 aromatic carbocycles. The summed E-state index contributed by atoms with van der Waals surface area (Å²) in [5, 5.41) is 4.81. The smallest absolute Gasteiger partial charge is 0.281 e. The highest BCUT2D eigenvalue weighted by atomic mass is 32.1. The molecule has 0 unspecified atom stereocenters. The van der Waals surface area contributed by atoms with Gasteiger partial charge in [0, 0.05) is 37.5 Å². The lowest BCUT2D eigenvalue weighted by Crippen LogP contribution is -2.29. The van der Waals surface area contributed by atoms with Crippen LogP contribution in [-0.2, 0) is 16.1 Å². The molecule has 0 aliphatic heterocycles. The first-order valence-corrected chi connectivity index (χ1v) is 11.6. The van der Waals surface area contributed by atoms with Crippen molar-refractivity contribution in [2.75, 3.05) is 26.9 Å². The van der Waals surface area contributed by atoms with E-state index >= 15 is 0 Å². The number of pyridine rings is 1. The zero-order valence-corrected chi connectivity index (χ0v) is 19.9. The zero-order valence-electron chi connectivity index (χ0n) is 19.0. The molecule has 0 saturated carbocycles. The van der Waals surface area contributed by atoms with Crippen molar-refractivity contribution in [2.24, 2.45) is 4.99 Å². The van der Waals surface area contributed by atoms with Crippen LogP contribution in [0.15, 0.2) is 53.0 Å². The first-order chi connectivity index (χ1) is 16.0. The number of thiazole rings is 1. The van der Waals surface area contributed by atoms with Crippen LogP contribution in [0.3, 0.4) is 0 Å². The number of nitrogens with one attached hydrogen (secondary N) is 1. The highest BCUT2D eigenvalue weighted by Gasteiger charge is 2.11. The molecule has 33 heavy (non-hydrogen) atoms. The van der Waals surface area contributed by atoms with Crippen LogP contribution in [0.2, 0.25) is 0 Å². The highest BCUT2D eigenvalue weighted by molar-refractivity contribution is 7.07. The van der Waals surface area contributed by atoms with Crippen LogP contribution in [0.4, 0.5) is 0 Å². The Balaban J connectivity index is 1.87. The summed E-state index contributed by atoms with van der Waals surface area (Å²) in [7, 11) is 1.48. The normalized spacial score (nSPS) is 11.4. The third-order valence-electron chi connectivity index (χ3n) is 4.77. The number of aryl methyl sites for hydroxylation is 1. The van der Waals surface area contributed by atoms with E-state index in [9.17, 15) is 9.59 Å². The summed E-state index contributed by atoms with van der Waals surface area (Å²) in [6.45, 7) is 5.52. The SMILES string of the molecule is CCOc1ccc(-c2csc(=NC(=O)c3ccc(C)nc3)n2CCCNC(=O)COC)cc1. The number of nitrogens with zero attached hydrogens (tertiary/aromatic N) is 3. The fraction of sp³-hybridized carbons (Fsp3) is 0.333. The van der Waals surface area contributed by atoms with Gasteiger partial charge in [0.05, 0.1) is 17.9 Å². The van der Waals surface area contributed by atoms with Gasteiger partial charge in [0.15, 0.2) is 4.80 Å². The van der Waals surface area contributed by atoms with Crippen LogP contribution < -0.4 is 14.9 Å². The quantitative estimate of drug-likeness (QED) is 0.461. The number of hydrogen-bond acceptors (Lipinski definition) is 6. The summed E-state index contributed by atoms with van der Waals surface area (Å²) in [5.41, 5.74) is 3.21. The molecular weight excluding hydrogens is 440 g/mol. The number of methoxy groups -OCH3 is 1. The minimum atomic E-state index is -0.343. The van der Waals surface area contributed by atoms with E-state index in [0.29, 0.717) is 36.5 Å². The second kappa shape index (κ2) is 12.1. The van der Waals surface area contributed by atoms with Crippen LogP contribution >= 0.6 is 11.3 Å². The maximum Gasteiger partial charge on any atom is 0.281 e. The monoisotopic (exact) mass is 468 g/mol. The summed E-state index contributed by atoms with van der Waals surface area (Å²) < 4.78 is 12.4. The standard InChI is InChI=1S/C24H28N4O4S/c1-4-32-20-10-8-18(9-11-20)21-16-33-24(27-23(30)19-7-6-17(2)26-14-19)28(21)13-5-12-25-22(29)15-31-3/h6-11,14,16H,4-5,12-13,15H2,1-3H3,(H,25,29). The first-order valence-electron chi connectivity index (χ1n) is 10.7. The van der Waals surface area contributed by atoms with Crippen molar-refractivity contribution in [2.45, 2.75) is 26.8 Å². The number of aromatic nitrogens is 2. The Hall–Kier alpha value is -3.30. The van der Waals surface area contributed by atoms with Crippen molar-refractivity contribution in [3.8, 4) is 17.0 Å². The van der Waals surface area contributed by atoms with E-state index in [0.717, 1.165) is 22.7 Å². The third kappa shape index (κ3) is 6.84. The maximum absolute atomic E-state index is 12.7. The van der Waals surface area contributed by atoms with Gasteiger partial charge in [-0.1, -0.05) is 0 Å². The lowest BCUT2D eigenvalue weighted by atomic mass is 10.1. The largest absolute Gasteiger partial charge is 0.494 e. The average molecular weight is 469 g/mol. The molecule has 0 atom stereocenters. The maximum atomic E-state index is 12.7. The Bertz CT molecular complexity index is 1130. The Morgan fingerprint density at radius 2 is 1.97 bits per heavy atom. The second-order valence-electron chi connectivity index (χ2n) is 7.25. The predicted molar refractivity (Wildman–Crippen MR) is 127 cm³/mol. The van der Waals surface area contributed by atoms with E-state index in [1.807, 2.05) is 48.1 Å². The lowest BCUT2D eigenvalue weighted by molar-refractivity contribution is -0.124. The Morgan fingerprint density at radius 1 is 1.18 bits per heavy atom. The van der Waals surface area contributed by atoms with Gasteiger partial charge in [0.2, 0.25) is 5.91 Å². The van der Waals surface area contributed by atoms with E-state index in [4.69, 9.17) is 9.47 Å². The van der Waals surface area contributed by atoms with E-state index in [2.05, 4.69) is 15.3 Å². The third-order valence-corrected chi connectivity index (χ3v) is 5.63. The van der Waals surface area contributed by atoms with Crippen molar-refractivity contribution in [1.29, 1.82) is 0 Å². The molecule has 2 aromatic heterocycles. The van der Waals surface area contributed by atoms with Gasteiger partial charge in [-0.3, -0.25) is 14.6 Å². The molecular formula is C24H28N4O4S. The number of benzene rings is 1. The zero-order chi connectivity index (χ0) is 23.6. The number of amides is 2. The van der Waals surface area contributed by atoms with Crippen molar-refractivity contribution in [3.05, 3.63) is 64.0 Å². The van der Waals surface area contributed by atoms with Crippen molar-refractivity contribution >= 4 is 23.2 Å². The van der Waals surface area contributed by atoms with Gasteiger partial charge in [-0.25, -0.2) is 0 Å². The number of hydrogen-bond donors (Lipinski definition) is 1. The molecule has 0 spiro atoms. The van der Waals surface area contributed by atoms with E-state index < -0.39 is 0 Å². The summed E-state index contributed by atoms with van der Waals surface area (Å²) in [6.07, 6.45) is 2.21. The summed E-state index contributed by atoms with van der Waals surface area (Å²) in [5.74, 6) is 0.298. The summed E-state index contributed by atoms with van der Waals surface area (Å²) >= 11 is 1.40. The molecule has 0 aliphatic rings. The average Bonchev–Trinajstić information content (AvgIpc) is 3.20. The molecule has 0 saturated heterocycles. The lowest BCUT2D eigenvalue weighted by Gasteiger charge is -2.11. The van der Waals surface area contributed by atoms with Crippen LogP contribution in [0.5, 0.6) is 5.75 Å². The van der Waals surface area contributed by atoms with Crippen molar-refractivity contribution in [3.63, 3.8) is 0 Å². The Labute approximate surface area is 196 Å². The molecule has 0 radical (unpaired) electrons. The van der Waals surface area contributed by atoms with Crippen molar-refractivity contribution in [1.82, 2.24) is 14.9 Å². The van der Waals surface area contributed by atoms with E-state index in [-0.39, 0.29) is 18.4 Å². The molecule has 0 aliphatic carbocycles. The number of carbonyl (C=O) groups is 2. The summed E-state index contributed by atoms with van der Waals surface area (Å²) in [4.78, 5) is 33.5. The van der Waals surface area contributed by atoms with Gasteiger partial charge in [-0.15, -0.1) is 11.3 Å². The first kappa shape index (κ1) is 24.3. The molecule has 3 aromatic rings. The molecule has 0 fully saturated rings. The van der Waals surface area contributed by atoms with Crippen molar-refractivity contribution < 1.29 is 19.1 Å². The highest BCUT2D eigenvalue weighted by Crippen LogP contribution is 2.23. The van der Waals surface area contributed by atoms with Crippen LogP contribution in [0, 0.1) is 6.92 Å². The predicted octanol–water partition coefficient (Wildman–Crippen LogP) is 3.21. The van der Waals surface area contributed by atoms with E-state index in [1.165, 1.54) is 24.6 Å². The second-order valence-corrected chi connectivity index (χ2v) is 8.09. The molecule has 3 rings (SSSR count). The fourth-order valence-corrected chi connectivity index (χ4v) is 4.08. The molecule has 1 N–H and O–H groups in total. The number of rotatable bonds is 10. The molecule has 0 bridgehead atoms. The van der Waals surface area contributed by atoms with E-state index in [1.54, 1.807) is 12.1 Å². The number of ether oxygens (including phenoxy) is 2. The minimum absolute atomic E-state index is 0.0305.